The second kappa shape index (κ2) is 14.2. The summed E-state index contributed by atoms with van der Waals surface area (Å²) in [6.07, 6.45) is 5.49. The van der Waals surface area contributed by atoms with Crippen LogP contribution >= 0.6 is 30.8 Å². The van der Waals surface area contributed by atoms with Gasteiger partial charge in [0, 0.05) is 47.1 Å². The molecule has 11 nitrogen and oxygen atoms in total. The van der Waals surface area contributed by atoms with Gasteiger partial charge >= 0.3 is 7.82 Å². The maximum Gasteiger partial charge on any atom is 0.528 e. The van der Waals surface area contributed by atoms with Crippen LogP contribution in [-0.2, 0) is 35.3 Å². The molecule has 1 N–H and O–H groups in total. The molecule has 1 fully saturated rings. The SMILES string of the molecule is CCOP(=O)(O)Oc1cc2c(nc(CN3CCC(c4cccc(OCc5ccc(Cl)cc5F)n4)CC3)n2Cc2cncn2CC)s1. The number of ether oxygens (including phenoxy) is 1. The highest BCUT2D eigenvalue weighted by molar-refractivity contribution is 7.48. The highest BCUT2D eigenvalue weighted by Gasteiger charge is 2.27. The minimum Gasteiger partial charge on any atom is -0.473 e. The van der Waals surface area contributed by atoms with Crippen LogP contribution in [0.3, 0.4) is 0 Å². The van der Waals surface area contributed by atoms with E-state index < -0.39 is 13.6 Å². The topological polar surface area (TPSA) is 117 Å². The van der Waals surface area contributed by atoms with Gasteiger partial charge in [0.15, 0.2) is 5.06 Å². The van der Waals surface area contributed by atoms with Crippen LogP contribution in [0.1, 0.15) is 55.4 Å². The molecule has 5 heterocycles. The molecule has 0 aliphatic carbocycles. The molecule has 1 unspecified atom stereocenters. The Morgan fingerprint density at radius 1 is 1.13 bits per heavy atom. The molecule has 4 aromatic heterocycles. The summed E-state index contributed by atoms with van der Waals surface area (Å²) in [5.41, 5.74) is 3.24. The van der Waals surface area contributed by atoms with Crippen LogP contribution in [-0.4, -0.2) is 53.6 Å². The minimum absolute atomic E-state index is 0.0613. The van der Waals surface area contributed by atoms with Gasteiger partial charge in [-0.2, -0.15) is 0 Å². The molecular weight excluding hydrogens is 654 g/mol. The van der Waals surface area contributed by atoms with Gasteiger partial charge < -0.3 is 18.4 Å². The summed E-state index contributed by atoms with van der Waals surface area (Å²) in [6, 6.07) is 12.0. The highest BCUT2D eigenvalue weighted by atomic mass is 35.5. The van der Waals surface area contributed by atoms with Crippen LogP contribution < -0.4 is 9.26 Å². The van der Waals surface area contributed by atoms with E-state index in [2.05, 4.69) is 25.9 Å². The average molecular weight is 689 g/mol. The van der Waals surface area contributed by atoms with Crippen molar-refractivity contribution < 1.29 is 27.6 Å². The Morgan fingerprint density at radius 3 is 2.72 bits per heavy atom. The first-order valence-electron chi connectivity index (χ1n) is 15.1. The van der Waals surface area contributed by atoms with Crippen LogP contribution in [0.4, 0.5) is 4.39 Å². The van der Waals surface area contributed by atoms with Crippen molar-refractivity contribution in [1.82, 2.24) is 29.0 Å². The van der Waals surface area contributed by atoms with Crippen molar-refractivity contribution >= 4 is 41.1 Å². The van der Waals surface area contributed by atoms with E-state index in [1.165, 1.54) is 17.4 Å². The molecule has 0 saturated carbocycles. The number of hydrogen-bond acceptors (Lipinski definition) is 9. The van der Waals surface area contributed by atoms with Gasteiger partial charge in [-0.1, -0.05) is 35.1 Å². The number of likely N-dealkylation sites (tertiary alicyclic amines) is 1. The summed E-state index contributed by atoms with van der Waals surface area (Å²) in [6.45, 7) is 7.53. The molecule has 0 spiro atoms. The first-order valence-corrected chi connectivity index (χ1v) is 17.8. The molecule has 0 radical (unpaired) electrons. The molecule has 1 aromatic carbocycles. The molecular formula is C31H35ClFN6O5PS. The number of fused-ring (bicyclic) bond motifs is 1. The molecule has 0 bridgehead atoms. The molecule has 5 aromatic rings. The predicted molar refractivity (Wildman–Crippen MR) is 174 cm³/mol. The van der Waals surface area contributed by atoms with Crippen LogP contribution in [0.2, 0.25) is 5.02 Å². The van der Waals surface area contributed by atoms with Gasteiger partial charge in [-0.3, -0.25) is 14.3 Å². The van der Waals surface area contributed by atoms with Crippen molar-refractivity contribution in [3.8, 4) is 10.9 Å². The summed E-state index contributed by atoms with van der Waals surface area (Å²) < 4.78 is 46.6. The molecule has 1 aliphatic heterocycles. The number of phosphoric ester groups is 1. The van der Waals surface area contributed by atoms with Crippen LogP contribution in [0.15, 0.2) is 55.0 Å². The van der Waals surface area contributed by atoms with Gasteiger partial charge in [0.05, 0.1) is 37.2 Å². The lowest BCUT2D eigenvalue weighted by atomic mass is 9.93. The molecule has 46 heavy (non-hydrogen) atoms. The number of aryl methyl sites for hydroxylation is 1. The second-order valence-electron chi connectivity index (χ2n) is 11.0. The van der Waals surface area contributed by atoms with E-state index in [0.717, 1.165) is 60.0 Å². The van der Waals surface area contributed by atoms with Gasteiger partial charge in [-0.15, -0.1) is 0 Å². The lowest BCUT2D eigenvalue weighted by Gasteiger charge is -2.31. The maximum absolute atomic E-state index is 14.2. The largest absolute Gasteiger partial charge is 0.528 e. The molecule has 0 amide bonds. The predicted octanol–water partition coefficient (Wildman–Crippen LogP) is 7.02. The Bertz CT molecular complexity index is 1860. The van der Waals surface area contributed by atoms with E-state index in [-0.39, 0.29) is 24.2 Å². The third-order valence-corrected chi connectivity index (χ3v) is 10.2. The quantitative estimate of drug-likeness (QED) is 0.130. The monoisotopic (exact) mass is 688 g/mol. The first kappa shape index (κ1) is 32.6. The number of aromatic nitrogens is 5. The van der Waals surface area contributed by atoms with Crippen LogP contribution in [0.25, 0.3) is 10.3 Å². The zero-order valence-electron chi connectivity index (χ0n) is 25.5. The van der Waals surface area contributed by atoms with Crippen molar-refractivity contribution in [2.75, 3.05) is 19.7 Å². The summed E-state index contributed by atoms with van der Waals surface area (Å²) in [5.74, 6) is 1.23. The normalized spacial score (nSPS) is 15.8. The lowest BCUT2D eigenvalue weighted by Crippen LogP contribution is -2.33. The molecule has 244 valence electrons. The summed E-state index contributed by atoms with van der Waals surface area (Å²) in [4.78, 5) is 27.1. The Morgan fingerprint density at radius 2 is 1.96 bits per heavy atom. The summed E-state index contributed by atoms with van der Waals surface area (Å²) >= 11 is 7.08. The zero-order valence-corrected chi connectivity index (χ0v) is 28.0. The number of hydrogen-bond donors (Lipinski definition) is 1. The molecule has 1 saturated heterocycles. The van der Waals surface area contributed by atoms with Gasteiger partial charge in [-0.25, -0.2) is 23.9 Å². The average Bonchev–Trinajstić information content (AvgIpc) is 3.72. The van der Waals surface area contributed by atoms with Gasteiger partial charge in [-0.05, 0) is 58.0 Å². The Labute approximate surface area is 275 Å². The highest BCUT2D eigenvalue weighted by Crippen LogP contribution is 2.47. The Balaban J connectivity index is 1.14. The summed E-state index contributed by atoms with van der Waals surface area (Å²) in [7, 11) is -4.21. The van der Waals surface area contributed by atoms with Gasteiger partial charge in [0.1, 0.15) is 23.1 Å². The molecule has 1 aliphatic rings. The first-order chi connectivity index (χ1) is 22.2. The standard InChI is InChI=1S/C31H35ClFN6O5PS/c1-3-38-20-34-16-24(38)17-39-27-15-30(44-45(40,41)43-4-2)46-31(27)36-28(39)18-37-12-10-21(11-13-37)26-6-5-7-29(35-26)42-19-22-8-9-23(32)14-25(22)33/h5-9,14-16,20-21H,3-4,10-13,17-19H2,1-2H3,(H,40,41). The van der Waals surface area contributed by atoms with E-state index >= 15 is 0 Å². The smallest absolute Gasteiger partial charge is 0.473 e. The van der Waals surface area contributed by atoms with Crippen LogP contribution in [0, 0.1) is 5.82 Å². The number of imidazole rings is 2. The zero-order chi connectivity index (χ0) is 32.3. The Hall–Kier alpha value is -3.32. The van der Waals surface area contributed by atoms with Crippen LogP contribution in [0.5, 0.6) is 10.9 Å². The minimum atomic E-state index is -4.21. The van der Waals surface area contributed by atoms with Gasteiger partial charge in [0.2, 0.25) is 5.88 Å². The third kappa shape index (κ3) is 7.62. The second-order valence-corrected chi connectivity index (χ2v) is 13.8. The van der Waals surface area contributed by atoms with Gasteiger partial charge in [0.25, 0.3) is 0 Å². The van der Waals surface area contributed by atoms with E-state index in [9.17, 15) is 13.8 Å². The Kier molecular flexibility index (Phi) is 10.1. The number of piperidine rings is 1. The van der Waals surface area contributed by atoms with E-state index in [1.54, 1.807) is 31.2 Å². The number of thiophene rings is 1. The fourth-order valence-electron chi connectivity index (χ4n) is 5.63. The molecule has 6 rings (SSSR count). The van der Waals surface area contributed by atoms with Crippen molar-refractivity contribution in [3.05, 3.63) is 88.6 Å². The number of pyridine rings is 1. The molecule has 15 heteroatoms. The number of rotatable bonds is 13. The maximum atomic E-state index is 14.2. The lowest BCUT2D eigenvalue weighted by molar-refractivity contribution is 0.196. The fraction of sp³-hybridized carbons (Fsp3) is 0.387. The number of nitrogens with zero attached hydrogens (tertiary/aromatic N) is 6. The van der Waals surface area contributed by atoms with Crippen molar-refractivity contribution in [1.29, 1.82) is 0 Å². The van der Waals surface area contributed by atoms with E-state index in [1.807, 2.05) is 24.7 Å². The number of halogens is 2. The number of benzene rings is 1. The van der Waals surface area contributed by atoms with E-state index in [0.29, 0.717) is 29.6 Å². The third-order valence-electron chi connectivity index (χ3n) is 7.97. The van der Waals surface area contributed by atoms with Crippen molar-refractivity contribution in [2.45, 2.75) is 58.8 Å². The molecule has 1 atom stereocenters. The van der Waals surface area contributed by atoms with Crippen molar-refractivity contribution in [3.63, 3.8) is 0 Å². The fourth-order valence-corrected chi connectivity index (χ4v) is 7.66. The number of phosphoric acid groups is 1. The van der Waals surface area contributed by atoms with E-state index in [4.69, 9.17) is 35.4 Å². The summed E-state index contributed by atoms with van der Waals surface area (Å²) in [5, 5.41) is 0.622. The van der Waals surface area contributed by atoms with Crippen molar-refractivity contribution in [2.24, 2.45) is 0 Å².